The van der Waals surface area contributed by atoms with Gasteiger partial charge in [-0.05, 0) is 59.5 Å². The summed E-state index contributed by atoms with van der Waals surface area (Å²) in [5.41, 5.74) is -0.759. The number of hydrogen-bond acceptors (Lipinski definition) is 4. The van der Waals surface area contributed by atoms with Gasteiger partial charge in [0, 0.05) is 30.5 Å². The number of rotatable bonds is 7. The van der Waals surface area contributed by atoms with Crippen LogP contribution in [0.15, 0.2) is 97.1 Å². The SMILES string of the molecule is O=C(c1ccc2c(c1)OCO2)N1CCC(OCc2cc(C(F)(F)F)cc(C(F)(F)F)c2)C(C(c2ccccc2)c2ccccc2)C1. The minimum Gasteiger partial charge on any atom is -0.454 e. The van der Waals surface area contributed by atoms with Crippen LogP contribution in [0, 0.1) is 5.92 Å². The fraction of sp³-hybridized carbons (Fsp3) is 0.286. The molecule has 2 atom stereocenters. The summed E-state index contributed by atoms with van der Waals surface area (Å²) in [6, 6.07) is 25.6. The molecule has 0 aliphatic carbocycles. The molecule has 4 aromatic carbocycles. The molecule has 2 aliphatic heterocycles. The second-order valence-electron chi connectivity index (χ2n) is 11.3. The molecule has 0 radical (unpaired) electrons. The smallest absolute Gasteiger partial charge is 0.416 e. The van der Waals surface area contributed by atoms with Gasteiger partial charge in [-0.25, -0.2) is 0 Å². The van der Waals surface area contributed by atoms with E-state index in [1.54, 1.807) is 23.1 Å². The van der Waals surface area contributed by atoms with Crippen LogP contribution < -0.4 is 9.47 Å². The van der Waals surface area contributed by atoms with Gasteiger partial charge in [0.25, 0.3) is 5.91 Å². The summed E-state index contributed by atoms with van der Waals surface area (Å²) in [4.78, 5) is 15.5. The third kappa shape index (κ3) is 6.84. The molecule has 0 spiro atoms. The van der Waals surface area contributed by atoms with Gasteiger partial charge in [-0.1, -0.05) is 60.7 Å². The number of likely N-dealkylation sites (tertiary alicyclic amines) is 1. The topological polar surface area (TPSA) is 48.0 Å². The van der Waals surface area contributed by atoms with Crippen LogP contribution in [0.1, 0.15) is 50.5 Å². The summed E-state index contributed by atoms with van der Waals surface area (Å²) in [7, 11) is 0. The summed E-state index contributed by atoms with van der Waals surface area (Å²) in [6.07, 6.45) is -10.2. The summed E-state index contributed by atoms with van der Waals surface area (Å²) in [5.74, 6) is 0.0649. The fourth-order valence-electron chi connectivity index (χ4n) is 6.20. The van der Waals surface area contributed by atoms with Gasteiger partial charge in [0.1, 0.15) is 0 Å². The molecule has 4 aromatic rings. The molecule has 46 heavy (non-hydrogen) atoms. The van der Waals surface area contributed by atoms with Crippen molar-refractivity contribution in [2.45, 2.75) is 37.4 Å². The Bertz CT molecular complexity index is 1600. The van der Waals surface area contributed by atoms with Gasteiger partial charge in [-0.15, -0.1) is 0 Å². The number of piperidine rings is 1. The lowest BCUT2D eigenvalue weighted by Gasteiger charge is -2.42. The normalized spacial score (nSPS) is 18.2. The highest BCUT2D eigenvalue weighted by atomic mass is 19.4. The first kappa shape index (κ1) is 31.5. The minimum absolute atomic E-state index is 0.0595. The number of carbonyl (C=O) groups is 1. The number of ether oxygens (including phenoxy) is 3. The molecular formula is C35H29F6NO4. The summed E-state index contributed by atoms with van der Waals surface area (Å²) >= 11 is 0. The van der Waals surface area contributed by atoms with Crippen LogP contribution in [0.3, 0.4) is 0 Å². The molecule has 0 saturated carbocycles. The quantitative estimate of drug-likeness (QED) is 0.191. The number of fused-ring (bicyclic) bond motifs is 1. The van der Waals surface area contributed by atoms with E-state index < -0.39 is 42.1 Å². The van der Waals surface area contributed by atoms with Gasteiger partial charge in [0.05, 0.1) is 23.8 Å². The van der Waals surface area contributed by atoms with Crippen molar-refractivity contribution >= 4 is 5.91 Å². The van der Waals surface area contributed by atoms with Crippen LogP contribution >= 0.6 is 0 Å². The summed E-state index contributed by atoms with van der Waals surface area (Å²) in [6.45, 7) is 0.0778. The van der Waals surface area contributed by atoms with Gasteiger partial charge in [-0.3, -0.25) is 4.79 Å². The van der Waals surface area contributed by atoms with Crippen LogP contribution in [-0.2, 0) is 23.7 Å². The zero-order valence-electron chi connectivity index (χ0n) is 24.4. The molecule has 1 fully saturated rings. The van der Waals surface area contributed by atoms with Crippen molar-refractivity contribution < 1.29 is 45.3 Å². The van der Waals surface area contributed by atoms with Crippen LogP contribution in [-0.4, -0.2) is 36.8 Å². The molecule has 5 nitrogen and oxygen atoms in total. The van der Waals surface area contributed by atoms with E-state index in [1.807, 2.05) is 60.7 Å². The fourth-order valence-corrected chi connectivity index (χ4v) is 6.20. The van der Waals surface area contributed by atoms with Crippen molar-refractivity contribution in [3.8, 4) is 11.5 Å². The number of nitrogens with zero attached hydrogens (tertiary/aromatic N) is 1. The number of halogens is 6. The average Bonchev–Trinajstić information content (AvgIpc) is 3.52. The van der Waals surface area contributed by atoms with E-state index in [0.29, 0.717) is 35.6 Å². The minimum atomic E-state index is -4.97. The molecule has 0 aromatic heterocycles. The van der Waals surface area contributed by atoms with E-state index in [0.717, 1.165) is 11.1 Å². The molecule has 2 heterocycles. The van der Waals surface area contributed by atoms with E-state index in [4.69, 9.17) is 14.2 Å². The number of alkyl halides is 6. The highest BCUT2D eigenvalue weighted by Crippen LogP contribution is 2.41. The average molecular weight is 642 g/mol. The van der Waals surface area contributed by atoms with Gasteiger partial charge in [-0.2, -0.15) is 26.3 Å². The van der Waals surface area contributed by atoms with E-state index in [1.165, 1.54) is 0 Å². The number of carbonyl (C=O) groups excluding carboxylic acids is 1. The first-order valence-corrected chi connectivity index (χ1v) is 14.7. The van der Waals surface area contributed by atoms with Crippen molar-refractivity contribution in [1.29, 1.82) is 0 Å². The van der Waals surface area contributed by atoms with E-state index in [9.17, 15) is 31.1 Å². The lowest BCUT2D eigenvalue weighted by atomic mass is 9.75. The first-order valence-electron chi connectivity index (χ1n) is 14.7. The van der Waals surface area contributed by atoms with Gasteiger partial charge < -0.3 is 19.1 Å². The second kappa shape index (κ2) is 12.7. The van der Waals surface area contributed by atoms with Crippen LogP contribution in [0.4, 0.5) is 26.3 Å². The van der Waals surface area contributed by atoms with Crippen LogP contribution in [0.2, 0.25) is 0 Å². The third-order valence-electron chi connectivity index (χ3n) is 8.36. The monoisotopic (exact) mass is 641 g/mol. The van der Waals surface area contributed by atoms with Crippen molar-refractivity contribution in [3.63, 3.8) is 0 Å². The predicted molar refractivity (Wildman–Crippen MR) is 156 cm³/mol. The zero-order valence-corrected chi connectivity index (χ0v) is 24.4. The molecule has 1 amide bonds. The van der Waals surface area contributed by atoms with Crippen LogP contribution in [0.25, 0.3) is 0 Å². The highest BCUT2D eigenvalue weighted by Gasteiger charge is 2.40. The predicted octanol–water partition coefficient (Wildman–Crippen LogP) is 8.33. The largest absolute Gasteiger partial charge is 0.454 e. The number of amides is 1. The van der Waals surface area contributed by atoms with Crippen LogP contribution in [0.5, 0.6) is 11.5 Å². The lowest BCUT2D eigenvalue weighted by Crippen LogP contribution is -2.49. The molecule has 2 aliphatic rings. The molecule has 11 heteroatoms. The molecular weight excluding hydrogens is 612 g/mol. The Kier molecular flexibility index (Phi) is 8.69. The van der Waals surface area contributed by atoms with Crippen molar-refractivity contribution in [2.75, 3.05) is 19.9 Å². The maximum absolute atomic E-state index is 13.8. The Hall–Kier alpha value is -4.51. The van der Waals surface area contributed by atoms with Crippen molar-refractivity contribution in [1.82, 2.24) is 4.90 Å². The van der Waals surface area contributed by atoms with Crippen molar-refractivity contribution in [2.24, 2.45) is 5.92 Å². The molecule has 2 unspecified atom stereocenters. The Morgan fingerprint density at radius 1 is 0.783 bits per heavy atom. The van der Waals surface area contributed by atoms with Gasteiger partial charge in [0.2, 0.25) is 6.79 Å². The maximum Gasteiger partial charge on any atom is 0.416 e. The summed E-state index contributed by atoms with van der Waals surface area (Å²) in [5, 5.41) is 0. The van der Waals surface area contributed by atoms with E-state index in [-0.39, 0.29) is 43.3 Å². The number of hydrogen-bond donors (Lipinski definition) is 0. The molecule has 0 N–H and O–H groups in total. The molecule has 1 saturated heterocycles. The van der Waals surface area contributed by atoms with Crippen molar-refractivity contribution in [3.05, 3.63) is 130 Å². The highest BCUT2D eigenvalue weighted by molar-refractivity contribution is 5.95. The number of benzene rings is 4. The molecule has 0 bridgehead atoms. The maximum atomic E-state index is 13.8. The van der Waals surface area contributed by atoms with E-state index in [2.05, 4.69) is 0 Å². The van der Waals surface area contributed by atoms with E-state index >= 15 is 0 Å². The Balaban J connectivity index is 1.33. The Morgan fingerprint density at radius 2 is 1.37 bits per heavy atom. The zero-order chi connectivity index (χ0) is 32.5. The lowest BCUT2D eigenvalue weighted by molar-refractivity contribution is -0.143. The molecule has 240 valence electrons. The first-order chi connectivity index (χ1) is 22.0. The second-order valence-corrected chi connectivity index (χ2v) is 11.3. The molecule has 6 rings (SSSR count). The van der Waals surface area contributed by atoms with Gasteiger partial charge >= 0.3 is 12.4 Å². The Morgan fingerprint density at radius 3 is 1.96 bits per heavy atom. The van der Waals surface area contributed by atoms with Gasteiger partial charge in [0.15, 0.2) is 11.5 Å². The third-order valence-corrected chi connectivity index (χ3v) is 8.36. The Labute approximate surface area is 261 Å². The standard InChI is InChI=1S/C35H29F6NO4/c36-34(37,38)26-15-22(16-27(18-26)35(39,40)41)20-44-29-13-14-42(33(43)25-11-12-30-31(17-25)46-21-45-30)19-28(29)32(23-7-3-1-4-8-23)24-9-5-2-6-10-24/h1-12,15-18,28-29,32H,13-14,19-21H2. The summed E-state index contributed by atoms with van der Waals surface area (Å²) < 4.78 is 98.3.